The zero-order valence-electron chi connectivity index (χ0n) is 12.2. The minimum atomic E-state index is 0.881. The first kappa shape index (κ1) is 13.5. The molecule has 0 amide bonds. The summed E-state index contributed by atoms with van der Waals surface area (Å²) in [6.45, 7) is 2.11. The van der Waals surface area contributed by atoms with Crippen LogP contribution in [0.4, 0.5) is 0 Å². The molecule has 0 saturated carbocycles. The Morgan fingerprint density at radius 2 is 1.52 bits per heavy atom. The number of benzene rings is 1. The van der Waals surface area contributed by atoms with Crippen molar-refractivity contribution in [1.82, 2.24) is 9.97 Å². The molecule has 0 atom stereocenters. The molecule has 0 N–H and O–H groups in total. The molecule has 3 aromatic rings. The average Bonchev–Trinajstić information content (AvgIpc) is 2.53. The van der Waals surface area contributed by atoms with Gasteiger partial charge in [-0.2, -0.15) is 0 Å². The maximum atomic E-state index is 4.57. The second kappa shape index (κ2) is 6.31. The van der Waals surface area contributed by atoms with Crippen LogP contribution in [-0.2, 0) is 12.8 Å². The molecular weight excluding hydrogens is 256 g/mol. The Morgan fingerprint density at radius 3 is 2.19 bits per heavy atom. The fourth-order valence-corrected chi connectivity index (χ4v) is 2.32. The fourth-order valence-electron chi connectivity index (χ4n) is 2.32. The second-order valence-corrected chi connectivity index (χ2v) is 5.36. The summed E-state index contributed by atoms with van der Waals surface area (Å²) in [7, 11) is 0. The van der Waals surface area contributed by atoms with E-state index >= 15 is 0 Å². The number of aromatic nitrogens is 2. The summed E-state index contributed by atoms with van der Waals surface area (Å²) in [5.41, 5.74) is 6.13. The number of nitrogens with zero attached hydrogens (tertiary/aromatic N) is 2. The van der Waals surface area contributed by atoms with E-state index in [1.165, 1.54) is 22.3 Å². The Hall–Kier alpha value is -2.48. The lowest BCUT2D eigenvalue weighted by atomic mass is 10.1. The predicted octanol–water partition coefficient (Wildman–Crippen LogP) is 3.97. The van der Waals surface area contributed by atoms with E-state index < -0.39 is 0 Å². The molecule has 2 aromatic heterocycles. The van der Waals surface area contributed by atoms with E-state index in [1.807, 2.05) is 18.5 Å². The van der Waals surface area contributed by atoms with Crippen molar-refractivity contribution in [1.29, 1.82) is 0 Å². The van der Waals surface area contributed by atoms with E-state index in [2.05, 4.69) is 59.4 Å². The number of hydrogen-bond acceptors (Lipinski definition) is 2. The van der Waals surface area contributed by atoms with Gasteiger partial charge in [0.25, 0.3) is 0 Å². The molecule has 0 fully saturated rings. The van der Waals surface area contributed by atoms with Crippen LogP contribution in [0.15, 0.2) is 67.1 Å². The number of pyridine rings is 2. The molecule has 1 aromatic carbocycles. The molecule has 21 heavy (non-hydrogen) atoms. The summed E-state index contributed by atoms with van der Waals surface area (Å²) in [4.78, 5) is 8.71. The summed E-state index contributed by atoms with van der Waals surface area (Å²) in [5.74, 6) is 0. The first-order chi connectivity index (χ1) is 10.3. The van der Waals surface area contributed by atoms with Gasteiger partial charge in [0.2, 0.25) is 0 Å². The molecule has 2 heterocycles. The minimum Gasteiger partial charge on any atom is -0.264 e. The van der Waals surface area contributed by atoms with E-state index in [9.17, 15) is 0 Å². The van der Waals surface area contributed by atoms with E-state index in [-0.39, 0.29) is 0 Å². The Morgan fingerprint density at radius 1 is 0.762 bits per heavy atom. The topological polar surface area (TPSA) is 25.8 Å². The van der Waals surface area contributed by atoms with Crippen molar-refractivity contribution in [3.8, 4) is 0 Å². The molecule has 2 heteroatoms. The zero-order chi connectivity index (χ0) is 14.5. The van der Waals surface area contributed by atoms with Gasteiger partial charge in [0.05, 0.1) is 0 Å². The van der Waals surface area contributed by atoms with E-state index in [4.69, 9.17) is 0 Å². The lowest BCUT2D eigenvalue weighted by Crippen LogP contribution is -1.95. The Bertz CT molecular complexity index is 686. The zero-order valence-corrected chi connectivity index (χ0v) is 12.2. The van der Waals surface area contributed by atoms with Crippen molar-refractivity contribution < 1.29 is 0 Å². The van der Waals surface area contributed by atoms with Crippen molar-refractivity contribution in [2.24, 2.45) is 0 Å². The quantitative estimate of drug-likeness (QED) is 0.719. The molecule has 3 rings (SSSR count). The van der Waals surface area contributed by atoms with Crippen LogP contribution in [0.2, 0.25) is 0 Å². The van der Waals surface area contributed by atoms with Crippen LogP contribution in [-0.4, -0.2) is 9.97 Å². The van der Waals surface area contributed by atoms with Gasteiger partial charge in [-0.25, -0.2) is 0 Å². The second-order valence-electron chi connectivity index (χ2n) is 5.36. The molecule has 0 bridgehead atoms. The van der Waals surface area contributed by atoms with Crippen LogP contribution in [0, 0.1) is 6.92 Å². The van der Waals surface area contributed by atoms with Crippen molar-refractivity contribution in [3.63, 3.8) is 0 Å². The maximum absolute atomic E-state index is 4.57. The summed E-state index contributed by atoms with van der Waals surface area (Å²) in [5, 5.41) is 0. The van der Waals surface area contributed by atoms with Crippen LogP contribution >= 0.6 is 0 Å². The van der Waals surface area contributed by atoms with Gasteiger partial charge in [0.1, 0.15) is 0 Å². The van der Waals surface area contributed by atoms with Gasteiger partial charge in [-0.1, -0.05) is 42.0 Å². The summed E-state index contributed by atoms with van der Waals surface area (Å²) < 4.78 is 0. The van der Waals surface area contributed by atoms with Gasteiger partial charge < -0.3 is 0 Å². The number of rotatable bonds is 4. The normalized spacial score (nSPS) is 10.5. The third-order valence-electron chi connectivity index (χ3n) is 3.52. The van der Waals surface area contributed by atoms with Crippen molar-refractivity contribution in [3.05, 3.63) is 95.1 Å². The predicted molar refractivity (Wildman–Crippen MR) is 85.3 cm³/mol. The van der Waals surface area contributed by atoms with E-state index in [0.29, 0.717) is 0 Å². The lowest BCUT2D eigenvalue weighted by molar-refractivity contribution is 1.04. The largest absolute Gasteiger partial charge is 0.264 e. The van der Waals surface area contributed by atoms with Gasteiger partial charge >= 0.3 is 0 Å². The number of hydrogen-bond donors (Lipinski definition) is 0. The molecule has 0 aliphatic carbocycles. The van der Waals surface area contributed by atoms with Crippen LogP contribution in [0.5, 0.6) is 0 Å². The number of aryl methyl sites for hydroxylation is 1. The average molecular weight is 274 g/mol. The van der Waals surface area contributed by atoms with E-state index in [0.717, 1.165) is 18.5 Å². The molecule has 0 unspecified atom stereocenters. The molecule has 0 aliphatic rings. The van der Waals surface area contributed by atoms with Gasteiger partial charge in [-0.05, 0) is 35.7 Å². The van der Waals surface area contributed by atoms with Gasteiger partial charge in [0, 0.05) is 37.1 Å². The summed E-state index contributed by atoms with van der Waals surface area (Å²) in [6.07, 6.45) is 7.43. The SMILES string of the molecule is Cc1ccc(Cc2ccc(Cc3cccnc3)cn2)cc1. The maximum Gasteiger partial charge on any atom is 0.0447 e. The van der Waals surface area contributed by atoms with E-state index in [1.54, 1.807) is 6.20 Å². The molecule has 0 aliphatic heterocycles. The minimum absolute atomic E-state index is 0.881. The van der Waals surface area contributed by atoms with Crippen LogP contribution in [0.3, 0.4) is 0 Å². The molecule has 0 radical (unpaired) electrons. The highest BCUT2D eigenvalue weighted by Gasteiger charge is 2.00. The Kier molecular flexibility index (Phi) is 4.06. The Balaban J connectivity index is 1.68. The summed E-state index contributed by atoms with van der Waals surface area (Å²) in [6, 6.07) is 17.0. The standard InChI is InChI=1S/C19H18N2/c1-15-4-6-16(7-5-15)12-19-9-8-18(14-21-19)11-17-3-2-10-20-13-17/h2-10,13-14H,11-12H2,1H3. The molecular formula is C19H18N2. The van der Waals surface area contributed by atoms with Crippen LogP contribution in [0.1, 0.15) is 27.9 Å². The van der Waals surface area contributed by atoms with Gasteiger partial charge in [-0.3, -0.25) is 9.97 Å². The monoisotopic (exact) mass is 274 g/mol. The Labute approximate surface area is 125 Å². The summed E-state index contributed by atoms with van der Waals surface area (Å²) >= 11 is 0. The van der Waals surface area contributed by atoms with Crippen molar-refractivity contribution in [2.45, 2.75) is 19.8 Å². The first-order valence-electron chi connectivity index (χ1n) is 7.18. The molecule has 0 saturated heterocycles. The highest BCUT2D eigenvalue weighted by molar-refractivity contribution is 5.27. The highest BCUT2D eigenvalue weighted by atomic mass is 14.7. The third-order valence-corrected chi connectivity index (χ3v) is 3.52. The molecule has 2 nitrogen and oxygen atoms in total. The van der Waals surface area contributed by atoms with Gasteiger partial charge in [-0.15, -0.1) is 0 Å². The first-order valence-corrected chi connectivity index (χ1v) is 7.18. The third kappa shape index (κ3) is 3.76. The van der Waals surface area contributed by atoms with Crippen LogP contribution in [0.25, 0.3) is 0 Å². The lowest BCUT2D eigenvalue weighted by Gasteiger charge is -2.04. The molecule has 0 spiro atoms. The van der Waals surface area contributed by atoms with Crippen molar-refractivity contribution >= 4 is 0 Å². The van der Waals surface area contributed by atoms with Crippen molar-refractivity contribution in [2.75, 3.05) is 0 Å². The molecule has 104 valence electrons. The smallest absolute Gasteiger partial charge is 0.0447 e. The van der Waals surface area contributed by atoms with Crippen LogP contribution < -0.4 is 0 Å². The van der Waals surface area contributed by atoms with Gasteiger partial charge in [0.15, 0.2) is 0 Å². The highest BCUT2D eigenvalue weighted by Crippen LogP contribution is 2.11. The fraction of sp³-hybridized carbons (Fsp3) is 0.158.